The molecule has 4 nitrogen and oxygen atoms in total. The van der Waals surface area contributed by atoms with Gasteiger partial charge in [0.15, 0.2) is 0 Å². The summed E-state index contributed by atoms with van der Waals surface area (Å²) in [5.74, 6) is 1.68. The zero-order valence-electron chi connectivity index (χ0n) is 7.16. The molecule has 0 aliphatic heterocycles. The molecule has 72 valence electrons. The van der Waals surface area contributed by atoms with Crippen molar-refractivity contribution in [1.82, 2.24) is 0 Å². The lowest BCUT2D eigenvalue weighted by Crippen LogP contribution is -2.01. The molecular formula is C9H7FN2O2. The largest absolute Gasteiger partial charge is 0.372 e. The molecule has 0 radical (unpaired) electrons. The van der Waals surface area contributed by atoms with Crippen LogP contribution in [0.25, 0.3) is 0 Å². The molecule has 0 saturated heterocycles. The van der Waals surface area contributed by atoms with Crippen LogP contribution < -0.4 is 5.32 Å². The Morgan fingerprint density at radius 3 is 2.93 bits per heavy atom. The summed E-state index contributed by atoms with van der Waals surface area (Å²) in [5, 5.41) is 12.9. The zero-order chi connectivity index (χ0) is 10.6. The summed E-state index contributed by atoms with van der Waals surface area (Å²) >= 11 is 0. The van der Waals surface area contributed by atoms with E-state index in [1.54, 1.807) is 0 Å². The normalized spacial score (nSPS) is 9.14. The molecule has 0 atom stereocenters. The number of halogens is 1. The first-order chi connectivity index (χ1) is 6.65. The predicted molar refractivity (Wildman–Crippen MR) is 50.4 cm³/mol. The van der Waals surface area contributed by atoms with Crippen LogP contribution in [0.3, 0.4) is 0 Å². The molecule has 5 heteroatoms. The summed E-state index contributed by atoms with van der Waals surface area (Å²) in [6, 6.07) is 3.22. The van der Waals surface area contributed by atoms with Gasteiger partial charge >= 0.3 is 0 Å². The van der Waals surface area contributed by atoms with Gasteiger partial charge in [-0.1, -0.05) is 5.92 Å². The summed E-state index contributed by atoms with van der Waals surface area (Å²) in [4.78, 5) is 9.76. The van der Waals surface area contributed by atoms with E-state index in [0.717, 1.165) is 18.2 Å². The number of terminal acetylenes is 1. The van der Waals surface area contributed by atoms with Gasteiger partial charge in [0.05, 0.1) is 17.2 Å². The molecule has 0 aromatic heterocycles. The molecule has 0 amide bonds. The van der Waals surface area contributed by atoms with Crippen molar-refractivity contribution in [2.24, 2.45) is 0 Å². The van der Waals surface area contributed by atoms with Crippen molar-refractivity contribution >= 4 is 11.4 Å². The van der Waals surface area contributed by atoms with Crippen LogP contribution in [0.5, 0.6) is 0 Å². The second kappa shape index (κ2) is 4.23. The second-order valence-electron chi connectivity index (χ2n) is 2.48. The average Bonchev–Trinajstić information content (AvgIpc) is 2.16. The summed E-state index contributed by atoms with van der Waals surface area (Å²) in [7, 11) is 0. The molecule has 1 aromatic carbocycles. The standard InChI is InChI=1S/C9H7FN2O2/c1-2-5-11-9-6-7(12(13)14)3-4-8(9)10/h1,3-4,6,11H,5H2. The number of hydrogen-bond donors (Lipinski definition) is 1. The van der Waals surface area contributed by atoms with Gasteiger partial charge in [-0.05, 0) is 6.07 Å². The Morgan fingerprint density at radius 2 is 2.36 bits per heavy atom. The Bertz CT molecular complexity index is 398. The van der Waals surface area contributed by atoms with E-state index in [1.807, 2.05) is 0 Å². The Labute approximate surface area is 79.9 Å². The SMILES string of the molecule is C#CCNc1cc([N+](=O)[O-])ccc1F. The molecule has 14 heavy (non-hydrogen) atoms. The van der Waals surface area contributed by atoms with Crippen molar-refractivity contribution in [3.63, 3.8) is 0 Å². The molecule has 1 N–H and O–H groups in total. The van der Waals surface area contributed by atoms with Crippen molar-refractivity contribution in [1.29, 1.82) is 0 Å². The fourth-order valence-corrected chi connectivity index (χ4v) is 0.909. The molecule has 0 fully saturated rings. The van der Waals surface area contributed by atoms with Gasteiger partial charge in [-0.2, -0.15) is 0 Å². The minimum absolute atomic E-state index is 0.0390. The van der Waals surface area contributed by atoms with Crippen LogP contribution in [0.2, 0.25) is 0 Å². The smallest absolute Gasteiger partial charge is 0.271 e. The lowest BCUT2D eigenvalue weighted by Gasteiger charge is -2.02. The quantitative estimate of drug-likeness (QED) is 0.453. The van der Waals surface area contributed by atoms with E-state index >= 15 is 0 Å². The summed E-state index contributed by atoms with van der Waals surface area (Å²) < 4.78 is 13.0. The van der Waals surface area contributed by atoms with E-state index in [-0.39, 0.29) is 17.9 Å². The maximum atomic E-state index is 13.0. The van der Waals surface area contributed by atoms with Crippen molar-refractivity contribution in [2.45, 2.75) is 0 Å². The third-order valence-corrected chi connectivity index (χ3v) is 1.54. The number of benzene rings is 1. The Morgan fingerprint density at radius 1 is 1.64 bits per heavy atom. The molecule has 0 aliphatic rings. The topological polar surface area (TPSA) is 55.2 Å². The molecule has 0 spiro atoms. The van der Waals surface area contributed by atoms with Crippen molar-refractivity contribution in [2.75, 3.05) is 11.9 Å². The van der Waals surface area contributed by atoms with Crippen molar-refractivity contribution in [3.05, 3.63) is 34.1 Å². The minimum atomic E-state index is -0.597. The fourth-order valence-electron chi connectivity index (χ4n) is 0.909. The maximum Gasteiger partial charge on any atom is 0.271 e. The molecule has 0 saturated carbocycles. The minimum Gasteiger partial charge on any atom is -0.372 e. The van der Waals surface area contributed by atoms with Gasteiger partial charge in [0.1, 0.15) is 5.82 Å². The first kappa shape index (κ1) is 9.99. The van der Waals surface area contributed by atoms with Crippen molar-refractivity contribution in [3.8, 4) is 12.3 Å². The second-order valence-corrected chi connectivity index (χ2v) is 2.48. The third-order valence-electron chi connectivity index (χ3n) is 1.54. The van der Waals surface area contributed by atoms with Crippen LogP contribution in [0.1, 0.15) is 0 Å². The maximum absolute atomic E-state index is 13.0. The Kier molecular flexibility index (Phi) is 3.02. The van der Waals surface area contributed by atoms with Crippen molar-refractivity contribution < 1.29 is 9.31 Å². The molecular weight excluding hydrogens is 187 g/mol. The number of nitro benzene ring substituents is 1. The lowest BCUT2D eigenvalue weighted by molar-refractivity contribution is -0.384. The first-order valence-corrected chi connectivity index (χ1v) is 3.76. The number of rotatable bonds is 3. The Balaban J connectivity index is 2.97. The number of nitro groups is 1. The van der Waals surface area contributed by atoms with Gasteiger partial charge in [0.2, 0.25) is 0 Å². The molecule has 0 aliphatic carbocycles. The van der Waals surface area contributed by atoms with Crippen LogP contribution >= 0.6 is 0 Å². The highest BCUT2D eigenvalue weighted by Crippen LogP contribution is 2.20. The number of nitrogens with one attached hydrogen (secondary N) is 1. The number of anilines is 1. The highest BCUT2D eigenvalue weighted by atomic mass is 19.1. The summed E-state index contributed by atoms with van der Waals surface area (Å²) in [6.45, 7) is 0.123. The van der Waals surface area contributed by atoms with Gasteiger partial charge in [-0.15, -0.1) is 6.42 Å². The predicted octanol–water partition coefficient (Wildman–Crippen LogP) is 1.78. The van der Waals surface area contributed by atoms with Crippen LogP contribution in [-0.4, -0.2) is 11.5 Å². The fraction of sp³-hybridized carbons (Fsp3) is 0.111. The molecule has 0 heterocycles. The van der Waals surface area contributed by atoms with Gasteiger partial charge in [0, 0.05) is 12.1 Å². The third kappa shape index (κ3) is 2.20. The van der Waals surface area contributed by atoms with Crippen LogP contribution in [0.15, 0.2) is 18.2 Å². The molecule has 0 unspecified atom stereocenters. The van der Waals surface area contributed by atoms with E-state index in [1.165, 1.54) is 0 Å². The highest BCUT2D eigenvalue weighted by Gasteiger charge is 2.09. The molecule has 1 rings (SSSR count). The van der Waals surface area contributed by atoms with Crippen LogP contribution in [0, 0.1) is 28.3 Å². The Hall–Kier alpha value is -2.09. The van der Waals surface area contributed by atoms with E-state index in [0.29, 0.717) is 0 Å². The molecule has 1 aromatic rings. The van der Waals surface area contributed by atoms with Gasteiger partial charge in [0.25, 0.3) is 5.69 Å². The highest BCUT2D eigenvalue weighted by molar-refractivity contribution is 5.52. The van der Waals surface area contributed by atoms with E-state index in [9.17, 15) is 14.5 Å². The monoisotopic (exact) mass is 194 g/mol. The van der Waals surface area contributed by atoms with Gasteiger partial charge in [-0.25, -0.2) is 4.39 Å². The molecule has 0 bridgehead atoms. The summed E-state index contributed by atoms with van der Waals surface area (Å²) in [5.41, 5.74) is -0.136. The van der Waals surface area contributed by atoms with E-state index in [2.05, 4.69) is 11.2 Å². The lowest BCUT2D eigenvalue weighted by atomic mass is 10.2. The zero-order valence-corrected chi connectivity index (χ0v) is 7.16. The average molecular weight is 194 g/mol. The van der Waals surface area contributed by atoms with Crippen LogP contribution in [0.4, 0.5) is 15.8 Å². The van der Waals surface area contributed by atoms with E-state index in [4.69, 9.17) is 6.42 Å². The number of hydrogen-bond acceptors (Lipinski definition) is 3. The van der Waals surface area contributed by atoms with Gasteiger partial charge in [-0.3, -0.25) is 10.1 Å². The number of nitrogens with zero attached hydrogens (tertiary/aromatic N) is 1. The van der Waals surface area contributed by atoms with Crippen LogP contribution in [-0.2, 0) is 0 Å². The first-order valence-electron chi connectivity index (χ1n) is 3.76. The summed E-state index contributed by atoms with van der Waals surface area (Å²) in [6.07, 6.45) is 4.96. The number of non-ortho nitro benzene ring substituents is 1. The van der Waals surface area contributed by atoms with Gasteiger partial charge < -0.3 is 5.32 Å². The van der Waals surface area contributed by atoms with E-state index < -0.39 is 10.7 Å².